The smallest absolute Gasteiger partial charge is 0.280 e. The van der Waals surface area contributed by atoms with Crippen molar-refractivity contribution >= 4 is 11.8 Å². The third-order valence-electron chi connectivity index (χ3n) is 3.17. The molecule has 0 spiro atoms. The molecular formula is C16H13F2N3O3S. The molecule has 3 rings (SSSR count). The molecule has 6 nitrogen and oxygen atoms in total. The minimum atomic E-state index is -2.78. The average Bonchev–Trinajstić information content (AvgIpc) is 3.08. The monoisotopic (exact) mass is 365 g/mol. The van der Waals surface area contributed by atoms with E-state index in [0.717, 1.165) is 23.4 Å². The number of benzene rings is 1. The first-order valence-electron chi connectivity index (χ1n) is 7.13. The van der Waals surface area contributed by atoms with Crippen molar-refractivity contribution in [2.45, 2.75) is 17.3 Å². The molecule has 0 aliphatic rings. The van der Waals surface area contributed by atoms with Gasteiger partial charge in [-0.3, -0.25) is 0 Å². The number of hydrogen-bond acceptors (Lipinski definition) is 7. The summed E-state index contributed by atoms with van der Waals surface area (Å²) in [5.74, 6) is 1.36. The van der Waals surface area contributed by atoms with Gasteiger partial charge in [-0.15, -0.1) is 0 Å². The number of hydrogen-bond donors (Lipinski definition) is 1. The molecule has 0 saturated heterocycles. The fraction of sp³-hybridized carbons (Fsp3) is 0.188. The Balaban J connectivity index is 1.72. The van der Waals surface area contributed by atoms with E-state index in [0.29, 0.717) is 17.4 Å². The van der Waals surface area contributed by atoms with Crippen molar-refractivity contribution in [2.75, 3.05) is 7.11 Å². The predicted octanol–water partition coefficient (Wildman–Crippen LogP) is 4.08. The molecule has 0 fully saturated rings. The number of aromatic hydroxyl groups is 1. The van der Waals surface area contributed by atoms with Crippen LogP contribution in [0.1, 0.15) is 18.0 Å². The summed E-state index contributed by atoms with van der Waals surface area (Å²) in [5.41, 5.74) is 0.274. The maximum Gasteiger partial charge on any atom is 0.280 e. The van der Waals surface area contributed by atoms with Gasteiger partial charge >= 0.3 is 0 Å². The van der Waals surface area contributed by atoms with Gasteiger partial charge in [0.15, 0.2) is 10.9 Å². The molecule has 0 aliphatic carbocycles. The van der Waals surface area contributed by atoms with Gasteiger partial charge < -0.3 is 14.3 Å². The van der Waals surface area contributed by atoms with Crippen molar-refractivity contribution in [1.82, 2.24) is 15.0 Å². The first kappa shape index (κ1) is 17.2. The molecule has 1 aromatic carbocycles. The first-order chi connectivity index (χ1) is 12.0. The highest BCUT2D eigenvalue weighted by Gasteiger charge is 2.14. The Kier molecular flexibility index (Phi) is 5.13. The van der Waals surface area contributed by atoms with Gasteiger partial charge in [-0.1, -0.05) is 23.9 Å². The van der Waals surface area contributed by atoms with Gasteiger partial charge in [-0.2, -0.15) is 4.98 Å². The van der Waals surface area contributed by atoms with Gasteiger partial charge in [0.2, 0.25) is 11.8 Å². The lowest BCUT2D eigenvalue weighted by Gasteiger charge is -2.03. The van der Waals surface area contributed by atoms with Crippen molar-refractivity contribution in [3.8, 4) is 23.0 Å². The summed E-state index contributed by atoms with van der Waals surface area (Å²) in [6.45, 7) is 0. The number of alkyl halides is 2. The highest BCUT2D eigenvalue weighted by molar-refractivity contribution is 7.98. The Morgan fingerprint density at radius 1 is 1.28 bits per heavy atom. The van der Waals surface area contributed by atoms with E-state index in [1.807, 2.05) is 24.3 Å². The summed E-state index contributed by atoms with van der Waals surface area (Å²) in [5, 5.41) is 9.42. The molecule has 0 unspecified atom stereocenters. The standard InChI is InChI=1S/C16H13F2N3O3S/c1-23-10-4-2-3-9(5-10)12-7-19-14(24-12)8-25-16-20-11(15(17)18)6-13(22)21-16/h2-7,15H,8H2,1H3,(H,20,21,22). The van der Waals surface area contributed by atoms with Crippen LogP contribution in [0, 0.1) is 0 Å². The third kappa shape index (κ3) is 4.24. The maximum atomic E-state index is 12.7. The number of ether oxygens (including phenoxy) is 1. The molecular weight excluding hydrogens is 352 g/mol. The van der Waals surface area contributed by atoms with E-state index in [1.165, 1.54) is 0 Å². The highest BCUT2D eigenvalue weighted by Crippen LogP contribution is 2.28. The van der Waals surface area contributed by atoms with Crippen LogP contribution in [0.25, 0.3) is 11.3 Å². The lowest BCUT2D eigenvalue weighted by molar-refractivity contribution is 0.144. The van der Waals surface area contributed by atoms with E-state index >= 15 is 0 Å². The van der Waals surface area contributed by atoms with Crippen LogP contribution in [0.2, 0.25) is 0 Å². The molecule has 2 aromatic heterocycles. The zero-order valence-corrected chi connectivity index (χ0v) is 13.8. The topological polar surface area (TPSA) is 81.3 Å². The number of halogens is 2. The van der Waals surface area contributed by atoms with Gasteiger partial charge in [0.1, 0.15) is 11.4 Å². The number of methoxy groups -OCH3 is 1. The number of oxazole rings is 1. The molecule has 1 N–H and O–H groups in total. The molecule has 0 amide bonds. The quantitative estimate of drug-likeness (QED) is 0.521. The lowest BCUT2D eigenvalue weighted by Crippen LogP contribution is -1.95. The van der Waals surface area contributed by atoms with Gasteiger partial charge in [0.25, 0.3) is 6.43 Å². The van der Waals surface area contributed by atoms with Crippen molar-refractivity contribution in [1.29, 1.82) is 0 Å². The van der Waals surface area contributed by atoms with E-state index in [9.17, 15) is 13.9 Å². The van der Waals surface area contributed by atoms with Gasteiger partial charge in [0, 0.05) is 11.6 Å². The molecule has 9 heteroatoms. The van der Waals surface area contributed by atoms with E-state index in [1.54, 1.807) is 13.3 Å². The van der Waals surface area contributed by atoms with E-state index in [2.05, 4.69) is 15.0 Å². The van der Waals surface area contributed by atoms with Crippen molar-refractivity contribution in [3.63, 3.8) is 0 Å². The van der Waals surface area contributed by atoms with Crippen molar-refractivity contribution in [3.05, 3.63) is 48.1 Å². The zero-order chi connectivity index (χ0) is 17.8. The highest BCUT2D eigenvalue weighted by atomic mass is 32.2. The summed E-state index contributed by atoms with van der Waals surface area (Å²) in [4.78, 5) is 11.5. The minimum absolute atomic E-state index is 0.0245. The number of thioether (sulfide) groups is 1. The van der Waals surface area contributed by atoms with Crippen LogP contribution in [0.15, 0.2) is 46.1 Å². The molecule has 0 radical (unpaired) electrons. The zero-order valence-electron chi connectivity index (χ0n) is 13.0. The molecule has 0 saturated carbocycles. The molecule has 2 heterocycles. The van der Waals surface area contributed by atoms with Gasteiger partial charge in [-0.05, 0) is 12.1 Å². The summed E-state index contributed by atoms with van der Waals surface area (Å²) in [6.07, 6.45) is -1.21. The molecule has 0 atom stereocenters. The molecule has 0 bridgehead atoms. The van der Waals surface area contributed by atoms with Crippen LogP contribution in [-0.2, 0) is 5.75 Å². The predicted molar refractivity (Wildman–Crippen MR) is 86.7 cm³/mol. The average molecular weight is 365 g/mol. The van der Waals surface area contributed by atoms with Crippen LogP contribution < -0.4 is 4.74 Å². The summed E-state index contributed by atoms with van der Waals surface area (Å²) in [6, 6.07) is 8.15. The van der Waals surface area contributed by atoms with Crippen molar-refractivity contribution in [2.24, 2.45) is 0 Å². The van der Waals surface area contributed by atoms with E-state index in [4.69, 9.17) is 9.15 Å². The largest absolute Gasteiger partial charge is 0.497 e. The summed E-state index contributed by atoms with van der Waals surface area (Å²) >= 11 is 1.04. The molecule has 3 aromatic rings. The summed E-state index contributed by atoms with van der Waals surface area (Å²) < 4.78 is 36.2. The van der Waals surface area contributed by atoms with Crippen LogP contribution in [0.4, 0.5) is 8.78 Å². The normalized spacial score (nSPS) is 11.0. The second kappa shape index (κ2) is 7.47. The number of aromatic nitrogens is 3. The van der Waals surface area contributed by atoms with E-state index < -0.39 is 18.0 Å². The molecule has 130 valence electrons. The van der Waals surface area contributed by atoms with Gasteiger partial charge in [-0.25, -0.2) is 18.7 Å². The first-order valence-corrected chi connectivity index (χ1v) is 8.11. The summed E-state index contributed by atoms with van der Waals surface area (Å²) in [7, 11) is 1.57. The number of rotatable bonds is 6. The van der Waals surface area contributed by atoms with Crippen LogP contribution in [0.5, 0.6) is 11.6 Å². The number of nitrogens with zero attached hydrogens (tertiary/aromatic N) is 3. The lowest BCUT2D eigenvalue weighted by atomic mass is 10.2. The minimum Gasteiger partial charge on any atom is -0.497 e. The molecule has 0 aliphatic heterocycles. The van der Waals surface area contributed by atoms with Crippen molar-refractivity contribution < 1.29 is 23.0 Å². The van der Waals surface area contributed by atoms with Gasteiger partial charge in [0.05, 0.1) is 19.1 Å². The fourth-order valence-electron chi connectivity index (χ4n) is 2.02. The van der Waals surface area contributed by atoms with Crippen LogP contribution in [0.3, 0.4) is 0 Å². The third-order valence-corrected chi connectivity index (χ3v) is 4.00. The SMILES string of the molecule is COc1cccc(-c2cnc(CSc3nc(O)cc(C(F)F)n3)o2)c1. The fourth-order valence-corrected chi connectivity index (χ4v) is 2.73. The molecule has 25 heavy (non-hydrogen) atoms. The Labute approximate surface area is 145 Å². The second-order valence-corrected chi connectivity index (χ2v) is 5.82. The Bertz CT molecular complexity index is 873. The Hall–Kier alpha value is -2.68. The Morgan fingerprint density at radius 2 is 2.12 bits per heavy atom. The maximum absolute atomic E-state index is 12.7. The van der Waals surface area contributed by atoms with E-state index in [-0.39, 0.29) is 10.9 Å². The van der Waals surface area contributed by atoms with Crippen LogP contribution in [-0.4, -0.2) is 27.2 Å². The second-order valence-electron chi connectivity index (χ2n) is 4.87. The Morgan fingerprint density at radius 3 is 2.88 bits per heavy atom. The van der Waals surface area contributed by atoms with Crippen LogP contribution >= 0.6 is 11.8 Å².